The quantitative estimate of drug-likeness (QED) is 0.188. The largest absolute Gasteiger partial charge is 0.504 e. The Morgan fingerprint density at radius 1 is 1.00 bits per heavy atom. The van der Waals surface area contributed by atoms with Crippen LogP contribution in [0.1, 0.15) is 28.4 Å². The van der Waals surface area contributed by atoms with Crippen LogP contribution >= 0.6 is 0 Å². The molecule has 0 saturated carbocycles. The molecule has 7 N–H and O–H groups in total. The maximum Gasteiger partial charge on any atom is 0.344 e. The summed E-state index contributed by atoms with van der Waals surface area (Å²) in [5.41, 5.74) is 10.1. The predicted octanol–water partition coefficient (Wildman–Crippen LogP) is 3.39. The van der Waals surface area contributed by atoms with E-state index in [1.165, 1.54) is 37.3 Å². The van der Waals surface area contributed by atoms with Gasteiger partial charge in [0.05, 0.1) is 6.61 Å². The fourth-order valence-corrected chi connectivity index (χ4v) is 2.72. The number of aromatic hydroxyl groups is 1. The number of nitrogens with two attached hydrogens (primary N) is 2. The Balaban J connectivity index is 2.13. The molecule has 1 aromatic heterocycles. The third-order valence-corrected chi connectivity index (χ3v) is 4.33. The Morgan fingerprint density at radius 3 is 2.24 bits per heavy atom. The molecule has 0 aliphatic rings. The summed E-state index contributed by atoms with van der Waals surface area (Å²) < 4.78 is 45.6. The molecule has 0 amide bonds. The van der Waals surface area contributed by atoms with Gasteiger partial charge in [-0.2, -0.15) is 13.8 Å². The van der Waals surface area contributed by atoms with Crippen molar-refractivity contribution < 1.29 is 32.9 Å². The summed E-state index contributed by atoms with van der Waals surface area (Å²) in [7, 11) is 0. The number of amidine groups is 2. The molecule has 0 spiro atoms. The van der Waals surface area contributed by atoms with E-state index in [4.69, 9.17) is 36.5 Å². The predicted molar refractivity (Wildman–Crippen MR) is 117 cm³/mol. The summed E-state index contributed by atoms with van der Waals surface area (Å²) in [5, 5.41) is 25.0. The summed E-state index contributed by atoms with van der Waals surface area (Å²) in [6, 6.07) is 9.27. The lowest BCUT2D eigenvalue weighted by molar-refractivity contribution is 0.0512. The van der Waals surface area contributed by atoms with Gasteiger partial charge in [-0.3, -0.25) is 10.8 Å². The average molecular weight is 471 g/mol. The normalized spacial score (nSPS) is 10.4. The number of hydrogen-bond donors (Lipinski definition) is 5. The molecular formula is C22H19F2N5O5. The molecule has 10 nitrogen and oxygen atoms in total. The molecule has 0 unspecified atom stereocenters. The third kappa shape index (κ3) is 5.01. The SMILES string of the molecule is CCOC(=O)c1c(F)c(Oc2cccc(C(=N)N)c2)nc(Oc2cc(C(=N)N)ccc2O)c1F. The number of aromatic nitrogens is 1. The van der Waals surface area contributed by atoms with Crippen LogP contribution in [0.2, 0.25) is 0 Å². The van der Waals surface area contributed by atoms with Crippen LogP contribution < -0.4 is 20.9 Å². The van der Waals surface area contributed by atoms with Crippen LogP contribution in [0.5, 0.6) is 29.0 Å². The minimum Gasteiger partial charge on any atom is -0.504 e. The van der Waals surface area contributed by atoms with E-state index in [0.29, 0.717) is 0 Å². The molecule has 34 heavy (non-hydrogen) atoms. The first-order valence-corrected chi connectivity index (χ1v) is 9.66. The van der Waals surface area contributed by atoms with Crippen LogP contribution in [-0.4, -0.2) is 34.3 Å². The lowest BCUT2D eigenvalue weighted by Crippen LogP contribution is -2.14. The number of rotatable bonds is 8. The highest BCUT2D eigenvalue weighted by Crippen LogP contribution is 2.36. The van der Waals surface area contributed by atoms with E-state index in [0.717, 1.165) is 12.1 Å². The Bertz CT molecular complexity index is 1300. The number of ether oxygens (including phenoxy) is 3. The number of carbonyl (C=O) groups excluding carboxylic acids is 1. The number of benzene rings is 2. The second-order valence-corrected chi connectivity index (χ2v) is 6.69. The number of esters is 1. The van der Waals surface area contributed by atoms with Crippen molar-refractivity contribution in [3.63, 3.8) is 0 Å². The zero-order chi connectivity index (χ0) is 25.0. The molecule has 3 aromatic rings. The summed E-state index contributed by atoms with van der Waals surface area (Å²) in [6.45, 7) is 1.27. The van der Waals surface area contributed by atoms with E-state index in [-0.39, 0.29) is 40.9 Å². The molecule has 2 aromatic carbocycles. The molecule has 176 valence electrons. The summed E-state index contributed by atoms with van der Waals surface area (Å²) >= 11 is 0. The van der Waals surface area contributed by atoms with E-state index in [1.807, 2.05) is 0 Å². The third-order valence-electron chi connectivity index (χ3n) is 4.33. The van der Waals surface area contributed by atoms with Crippen molar-refractivity contribution in [3.05, 3.63) is 70.8 Å². The first-order valence-electron chi connectivity index (χ1n) is 9.66. The van der Waals surface area contributed by atoms with E-state index >= 15 is 8.78 Å². The minimum absolute atomic E-state index is 0.0205. The average Bonchev–Trinajstić information content (AvgIpc) is 2.78. The van der Waals surface area contributed by atoms with Crippen molar-refractivity contribution in [3.8, 4) is 29.0 Å². The van der Waals surface area contributed by atoms with E-state index in [2.05, 4.69) is 4.98 Å². The van der Waals surface area contributed by atoms with Gasteiger partial charge in [-0.15, -0.1) is 0 Å². The van der Waals surface area contributed by atoms with Crippen molar-refractivity contribution in [1.29, 1.82) is 10.8 Å². The van der Waals surface area contributed by atoms with Gasteiger partial charge in [0.25, 0.3) is 11.8 Å². The molecule has 3 rings (SSSR count). The number of nitrogen functional groups attached to an aromatic ring is 2. The van der Waals surface area contributed by atoms with Gasteiger partial charge in [0.15, 0.2) is 11.5 Å². The van der Waals surface area contributed by atoms with Gasteiger partial charge in [0.1, 0.15) is 23.0 Å². The molecule has 0 bridgehead atoms. The zero-order valence-corrected chi connectivity index (χ0v) is 17.7. The van der Waals surface area contributed by atoms with Gasteiger partial charge < -0.3 is 30.8 Å². The Hall–Kier alpha value is -4.74. The Kier molecular flexibility index (Phi) is 6.90. The number of phenolic OH excluding ortho intramolecular Hbond substituents is 1. The smallest absolute Gasteiger partial charge is 0.344 e. The molecular weight excluding hydrogens is 452 g/mol. The van der Waals surface area contributed by atoms with Gasteiger partial charge in [0.2, 0.25) is 11.6 Å². The van der Waals surface area contributed by atoms with Crippen molar-refractivity contribution >= 4 is 17.6 Å². The molecule has 1 heterocycles. The van der Waals surface area contributed by atoms with Gasteiger partial charge in [0, 0.05) is 11.1 Å². The first kappa shape index (κ1) is 23.9. The van der Waals surface area contributed by atoms with Gasteiger partial charge >= 0.3 is 5.97 Å². The molecule has 0 fully saturated rings. The van der Waals surface area contributed by atoms with Crippen LogP contribution in [0.3, 0.4) is 0 Å². The maximum absolute atomic E-state index is 15.1. The van der Waals surface area contributed by atoms with E-state index in [1.54, 1.807) is 0 Å². The minimum atomic E-state index is -1.51. The van der Waals surface area contributed by atoms with Crippen LogP contribution in [-0.2, 0) is 4.74 Å². The Morgan fingerprint density at radius 2 is 1.62 bits per heavy atom. The summed E-state index contributed by atoms with van der Waals surface area (Å²) in [4.78, 5) is 15.9. The van der Waals surface area contributed by atoms with Crippen molar-refractivity contribution in [2.24, 2.45) is 11.5 Å². The lowest BCUT2D eigenvalue weighted by atomic mass is 10.2. The number of nitrogens with one attached hydrogen (secondary N) is 2. The second-order valence-electron chi connectivity index (χ2n) is 6.69. The van der Waals surface area contributed by atoms with Gasteiger partial charge in [-0.1, -0.05) is 12.1 Å². The zero-order valence-electron chi connectivity index (χ0n) is 17.7. The van der Waals surface area contributed by atoms with Crippen LogP contribution in [0.4, 0.5) is 8.78 Å². The summed E-state index contributed by atoms with van der Waals surface area (Å²) in [6.07, 6.45) is 0. The maximum atomic E-state index is 15.1. The van der Waals surface area contributed by atoms with E-state index < -0.39 is 40.7 Å². The van der Waals surface area contributed by atoms with Gasteiger partial charge in [-0.25, -0.2) is 4.79 Å². The fourth-order valence-electron chi connectivity index (χ4n) is 2.72. The van der Waals surface area contributed by atoms with Crippen LogP contribution in [0.25, 0.3) is 0 Å². The van der Waals surface area contributed by atoms with Crippen molar-refractivity contribution in [2.45, 2.75) is 6.92 Å². The highest BCUT2D eigenvalue weighted by Gasteiger charge is 2.29. The van der Waals surface area contributed by atoms with E-state index in [9.17, 15) is 9.90 Å². The van der Waals surface area contributed by atoms with Crippen LogP contribution in [0, 0.1) is 22.5 Å². The highest BCUT2D eigenvalue weighted by molar-refractivity contribution is 5.96. The molecule has 0 atom stereocenters. The molecule has 0 aliphatic heterocycles. The monoisotopic (exact) mass is 471 g/mol. The number of hydrogen-bond acceptors (Lipinski definition) is 8. The summed E-state index contributed by atoms with van der Waals surface area (Å²) in [5.74, 6) is -7.57. The molecule has 0 saturated heterocycles. The highest BCUT2D eigenvalue weighted by atomic mass is 19.1. The standard InChI is InChI=1S/C22H19F2N5O5/c1-2-32-22(31)15-16(23)20(33-12-5-3-4-10(8-12)18(25)26)29-21(17(15)24)34-14-9-11(19(27)28)6-7-13(14)30/h3-9,30H,2H2,1H3,(H3,25,26)(H3,27,28). The number of phenols is 1. The topological polar surface area (TPSA) is 178 Å². The number of halogens is 2. The molecule has 0 aliphatic carbocycles. The fraction of sp³-hybridized carbons (Fsp3) is 0.0909. The second kappa shape index (κ2) is 9.81. The molecule has 12 heteroatoms. The number of pyridine rings is 1. The first-order chi connectivity index (χ1) is 16.1. The van der Waals surface area contributed by atoms with Crippen molar-refractivity contribution in [2.75, 3.05) is 6.61 Å². The van der Waals surface area contributed by atoms with Crippen molar-refractivity contribution in [1.82, 2.24) is 4.98 Å². The van der Waals surface area contributed by atoms with Crippen LogP contribution in [0.15, 0.2) is 42.5 Å². The molecule has 0 radical (unpaired) electrons. The van der Waals surface area contributed by atoms with Gasteiger partial charge in [-0.05, 0) is 37.3 Å². The number of carbonyl (C=O) groups is 1. The Labute approximate surface area is 191 Å². The number of nitrogens with zero attached hydrogens (tertiary/aromatic N) is 1. The lowest BCUT2D eigenvalue weighted by Gasteiger charge is -2.14.